The number of nitrogens with zero attached hydrogens (tertiary/aromatic N) is 1. The molecular weight excluding hydrogens is 327 g/mol. The Balaban J connectivity index is 1.94. The molecule has 1 aliphatic rings. The molecule has 0 bridgehead atoms. The Morgan fingerprint density at radius 2 is 2.12 bits per heavy atom. The number of carbonyl (C=O) groups is 1. The Morgan fingerprint density at radius 1 is 1.41 bits per heavy atom. The van der Waals surface area contributed by atoms with Gasteiger partial charge in [0, 0.05) is 22.3 Å². The van der Waals surface area contributed by atoms with Crippen molar-refractivity contribution in [2.24, 2.45) is 5.92 Å². The van der Waals surface area contributed by atoms with Gasteiger partial charge in [-0.05, 0) is 65.6 Å². The molecule has 0 spiro atoms. The molecule has 1 unspecified atom stereocenters. The lowest BCUT2D eigenvalue weighted by molar-refractivity contribution is 0.182. The van der Waals surface area contributed by atoms with Gasteiger partial charge in [0.25, 0.3) is 0 Å². The van der Waals surface area contributed by atoms with E-state index in [9.17, 15) is 4.79 Å². The van der Waals surface area contributed by atoms with Gasteiger partial charge in [-0.15, -0.1) is 0 Å². The smallest absolute Gasteiger partial charge is 0.321 e. The van der Waals surface area contributed by atoms with Gasteiger partial charge in [0.05, 0.1) is 0 Å². The summed E-state index contributed by atoms with van der Waals surface area (Å²) in [6.45, 7) is 3.95. The number of urea groups is 1. The topological polar surface area (TPSA) is 32.3 Å². The molecule has 0 aromatic heterocycles. The Labute approximate surface area is 116 Å². The molecule has 2 rings (SSSR count). The summed E-state index contributed by atoms with van der Waals surface area (Å²) in [4.78, 5) is 13.9. The third-order valence-electron chi connectivity index (χ3n) is 3.04. The number of rotatable bonds is 1. The first kappa shape index (κ1) is 12.7. The molecule has 1 fully saturated rings. The van der Waals surface area contributed by atoms with Crippen LogP contribution in [0.15, 0.2) is 24.3 Å². The van der Waals surface area contributed by atoms with Gasteiger partial charge >= 0.3 is 6.03 Å². The Kier molecular flexibility index (Phi) is 4.25. The molecule has 1 aliphatic heterocycles. The highest BCUT2D eigenvalue weighted by Crippen LogP contribution is 2.17. The molecule has 1 aromatic rings. The number of amides is 2. The fourth-order valence-electron chi connectivity index (χ4n) is 2.11. The fourth-order valence-corrected chi connectivity index (χ4v) is 2.47. The van der Waals surface area contributed by atoms with Crippen LogP contribution in [-0.4, -0.2) is 24.0 Å². The zero-order valence-electron chi connectivity index (χ0n) is 9.95. The van der Waals surface area contributed by atoms with E-state index in [0.717, 1.165) is 25.2 Å². The molecule has 1 saturated heterocycles. The van der Waals surface area contributed by atoms with Crippen LogP contribution in [0.25, 0.3) is 0 Å². The van der Waals surface area contributed by atoms with Crippen molar-refractivity contribution in [3.8, 4) is 0 Å². The Bertz CT molecular complexity index is 391. The van der Waals surface area contributed by atoms with E-state index in [1.54, 1.807) is 0 Å². The molecule has 1 N–H and O–H groups in total. The average molecular weight is 344 g/mol. The highest BCUT2D eigenvalue weighted by atomic mass is 127. The van der Waals surface area contributed by atoms with Crippen LogP contribution in [0.3, 0.4) is 0 Å². The summed E-state index contributed by atoms with van der Waals surface area (Å²) >= 11 is 2.25. The molecule has 1 aromatic carbocycles. The van der Waals surface area contributed by atoms with Gasteiger partial charge in [0.1, 0.15) is 0 Å². The van der Waals surface area contributed by atoms with Crippen LogP contribution in [-0.2, 0) is 0 Å². The van der Waals surface area contributed by atoms with Crippen molar-refractivity contribution in [2.75, 3.05) is 18.4 Å². The predicted molar refractivity (Wildman–Crippen MR) is 78.1 cm³/mol. The summed E-state index contributed by atoms with van der Waals surface area (Å²) in [6.07, 6.45) is 2.34. The largest absolute Gasteiger partial charge is 0.324 e. The van der Waals surface area contributed by atoms with Gasteiger partial charge in [-0.3, -0.25) is 0 Å². The molecule has 1 heterocycles. The summed E-state index contributed by atoms with van der Waals surface area (Å²) in [5.41, 5.74) is 0.869. The normalized spacial score (nSPS) is 20.1. The molecule has 92 valence electrons. The van der Waals surface area contributed by atoms with Gasteiger partial charge in [-0.25, -0.2) is 4.79 Å². The number of benzene rings is 1. The van der Waals surface area contributed by atoms with Crippen molar-refractivity contribution in [1.29, 1.82) is 0 Å². The maximum Gasteiger partial charge on any atom is 0.321 e. The standard InChI is InChI=1S/C13H17IN2O/c1-10-3-2-8-16(9-10)13(17)15-12-6-4-11(14)5-7-12/h4-7,10H,2-3,8-9H2,1H3,(H,15,17). The monoisotopic (exact) mass is 344 g/mol. The number of anilines is 1. The summed E-state index contributed by atoms with van der Waals surface area (Å²) < 4.78 is 1.17. The van der Waals surface area contributed by atoms with Crippen molar-refractivity contribution >= 4 is 34.3 Å². The third-order valence-corrected chi connectivity index (χ3v) is 3.76. The lowest BCUT2D eigenvalue weighted by Crippen LogP contribution is -2.41. The number of hydrogen-bond acceptors (Lipinski definition) is 1. The molecular formula is C13H17IN2O. The number of hydrogen-bond donors (Lipinski definition) is 1. The summed E-state index contributed by atoms with van der Waals surface area (Å²) in [5, 5.41) is 2.94. The average Bonchev–Trinajstić information content (AvgIpc) is 2.32. The van der Waals surface area contributed by atoms with Crippen LogP contribution in [0.5, 0.6) is 0 Å². The maximum absolute atomic E-state index is 12.0. The Morgan fingerprint density at radius 3 is 2.76 bits per heavy atom. The van der Waals surface area contributed by atoms with Crippen molar-refractivity contribution in [1.82, 2.24) is 4.90 Å². The van der Waals surface area contributed by atoms with E-state index >= 15 is 0 Å². The Hall–Kier alpha value is -0.780. The minimum atomic E-state index is 0.0257. The minimum Gasteiger partial charge on any atom is -0.324 e. The first-order valence-corrected chi connectivity index (χ1v) is 7.04. The zero-order chi connectivity index (χ0) is 12.3. The van der Waals surface area contributed by atoms with E-state index in [1.807, 2.05) is 29.2 Å². The summed E-state index contributed by atoms with van der Waals surface area (Å²) in [6, 6.07) is 7.89. The molecule has 4 heteroatoms. The predicted octanol–water partition coefficient (Wildman–Crippen LogP) is 3.56. The van der Waals surface area contributed by atoms with Crippen LogP contribution in [0.2, 0.25) is 0 Å². The van der Waals surface area contributed by atoms with E-state index in [2.05, 4.69) is 34.8 Å². The van der Waals surface area contributed by atoms with Gasteiger partial charge in [-0.1, -0.05) is 6.92 Å². The van der Waals surface area contributed by atoms with Gasteiger partial charge in [0.15, 0.2) is 0 Å². The minimum absolute atomic E-state index is 0.0257. The number of likely N-dealkylation sites (tertiary alicyclic amines) is 1. The van der Waals surface area contributed by atoms with Gasteiger partial charge in [-0.2, -0.15) is 0 Å². The maximum atomic E-state index is 12.0. The number of carbonyl (C=O) groups excluding carboxylic acids is 1. The molecule has 0 saturated carbocycles. The lowest BCUT2D eigenvalue weighted by atomic mass is 10.0. The second-order valence-electron chi connectivity index (χ2n) is 4.63. The lowest BCUT2D eigenvalue weighted by Gasteiger charge is -2.30. The molecule has 17 heavy (non-hydrogen) atoms. The first-order chi connectivity index (χ1) is 8.15. The number of piperidine rings is 1. The van der Waals surface area contributed by atoms with Gasteiger partial charge < -0.3 is 10.2 Å². The van der Waals surface area contributed by atoms with Gasteiger partial charge in [0.2, 0.25) is 0 Å². The third kappa shape index (κ3) is 3.59. The SMILES string of the molecule is CC1CCCN(C(=O)Nc2ccc(I)cc2)C1. The van der Waals surface area contributed by atoms with E-state index in [4.69, 9.17) is 0 Å². The second-order valence-corrected chi connectivity index (χ2v) is 5.88. The highest BCUT2D eigenvalue weighted by Gasteiger charge is 2.20. The quantitative estimate of drug-likeness (QED) is 0.777. The second kappa shape index (κ2) is 5.71. The van der Waals surface area contributed by atoms with Crippen LogP contribution >= 0.6 is 22.6 Å². The number of nitrogens with one attached hydrogen (secondary N) is 1. The van der Waals surface area contributed by atoms with E-state index < -0.39 is 0 Å². The zero-order valence-corrected chi connectivity index (χ0v) is 12.1. The van der Waals surface area contributed by atoms with Crippen LogP contribution in [0, 0.1) is 9.49 Å². The number of halogens is 1. The molecule has 0 radical (unpaired) electrons. The van der Waals surface area contributed by atoms with Crippen molar-refractivity contribution in [3.63, 3.8) is 0 Å². The van der Waals surface area contributed by atoms with Crippen molar-refractivity contribution in [2.45, 2.75) is 19.8 Å². The van der Waals surface area contributed by atoms with E-state index in [0.29, 0.717) is 5.92 Å². The summed E-state index contributed by atoms with van der Waals surface area (Å²) in [7, 11) is 0. The molecule has 1 atom stereocenters. The highest BCUT2D eigenvalue weighted by molar-refractivity contribution is 14.1. The van der Waals surface area contributed by atoms with E-state index in [1.165, 1.54) is 9.99 Å². The summed E-state index contributed by atoms with van der Waals surface area (Å²) in [5.74, 6) is 0.617. The fraction of sp³-hybridized carbons (Fsp3) is 0.462. The van der Waals surface area contributed by atoms with Crippen LogP contribution in [0.1, 0.15) is 19.8 Å². The molecule has 3 nitrogen and oxygen atoms in total. The van der Waals surface area contributed by atoms with E-state index in [-0.39, 0.29) is 6.03 Å². The molecule has 2 amide bonds. The van der Waals surface area contributed by atoms with Crippen LogP contribution in [0.4, 0.5) is 10.5 Å². The van der Waals surface area contributed by atoms with Crippen molar-refractivity contribution < 1.29 is 4.79 Å². The first-order valence-electron chi connectivity index (χ1n) is 5.96. The van der Waals surface area contributed by atoms with Crippen LogP contribution < -0.4 is 5.32 Å². The molecule has 0 aliphatic carbocycles. The van der Waals surface area contributed by atoms with Crippen molar-refractivity contribution in [3.05, 3.63) is 27.8 Å².